The summed E-state index contributed by atoms with van der Waals surface area (Å²) in [4.78, 5) is 23.6. The average molecular weight is 543 g/mol. The van der Waals surface area contributed by atoms with Gasteiger partial charge in [0.2, 0.25) is 5.91 Å². The Bertz CT molecular complexity index is 729. The number of amides is 1. The molecule has 31 heavy (non-hydrogen) atoms. The minimum absolute atomic E-state index is 0. The van der Waals surface area contributed by atoms with E-state index < -0.39 is 0 Å². The van der Waals surface area contributed by atoms with Crippen LogP contribution in [0.1, 0.15) is 37.3 Å². The Kier molecular flexibility index (Phi) is 10.9. The summed E-state index contributed by atoms with van der Waals surface area (Å²) in [6.07, 6.45) is 3.55. The maximum atomic E-state index is 12.5. The predicted octanol–water partition coefficient (Wildman–Crippen LogP) is 2.72. The molecule has 0 atom stereocenters. The molecule has 1 amide bonds. The van der Waals surface area contributed by atoms with Crippen LogP contribution in [0, 0.1) is 6.92 Å². The molecule has 0 aliphatic carbocycles. The van der Waals surface area contributed by atoms with Crippen LogP contribution in [0.2, 0.25) is 0 Å². The first-order valence-corrected chi connectivity index (χ1v) is 11.3. The summed E-state index contributed by atoms with van der Waals surface area (Å²) in [5, 5.41) is 3.48. The number of piperidine rings is 1. The Morgan fingerprint density at radius 1 is 1.06 bits per heavy atom. The van der Waals surface area contributed by atoms with Gasteiger partial charge >= 0.3 is 0 Å². The van der Waals surface area contributed by atoms with E-state index >= 15 is 0 Å². The molecule has 0 saturated carbocycles. The standard InChI is InChI=1S/C23H37N5O2.HI/c1-4-30-21-9-8-20(16-19(21)2)17-25-23(24-3)28-14-12-26(13-15-28)18-22(29)27-10-6-5-7-11-27;/h8-9,16H,4-7,10-15,17-18H2,1-3H3,(H,24,25);1H. The van der Waals surface area contributed by atoms with Crippen molar-refractivity contribution in [1.82, 2.24) is 20.0 Å². The van der Waals surface area contributed by atoms with Crippen LogP contribution in [-0.2, 0) is 11.3 Å². The second-order valence-corrected chi connectivity index (χ2v) is 8.14. The average Bonchev–Trinajstić information content (AvgIpc) is 2.77. The number of carbonyl (C=O) groups excluding carboxylic acids is 1. The number of carbonyl (C=O) groups is 1. The lowest BCUT2D eigenvalue weighted by atomic mass is 10.1. The molecule has 174 valence electrons. The zero-order chi connectivity index (χ0) is 21.3. The molecule has 0 spiro atoms. The summed E-state index contributed by atoms with van der Waals surface area (Å²) >= 11 is 0. The van der Waals surface area contributed by atoms with Crippen molar-refractivity contribution in [3.8, 4) is 5.75 Å². The van der Waals surface area contributed by atoms with E-state index in [1.54, 1.807) is 0 Å². The number of rotatable bonds is 6. The molecular formula is C23H38IN5O2. The Hall–Kier alpha value is -1.55. The van der Waals surface area contributed by atoms with Gasteiger partial charge in [0, 0.05) is 52.9 Å². The number of benzene rings is 1. The Balaban J connectivity index is 0.00000341. The highest BCUT2D eigenvalue weighted by molar-refractivity contribution is 14.0. The summed E-state index contributed by atoms with van der Waals surface area (Å²) in [5.74, 6) is 2.15. The lowest BCUT2D eigenvalue weighted by molar-refractivity contribution is -0.133. The number of hydrogen-bond acceptors (Lipinski definition) is 4. The third-order valence-electron chi connectivity index (χ3n) is 5.94. The first kappa shape index (κ1) is 25.7. The Morgan fingerprint density at radius 3 is 2.39 bits per heavy atom. The molecular weight excluding hydrogens is 505 g/mol. The van der Waals surface area contributed by atoms with Gasteiger partial charge in [-0.2, -0.15) is 0 Å². The highest BCUT2D eigenvalue weighted by Crippen LogP contribution is 2.19. The van der Waals surface area contributed by atoms with Crippen molar-refractivity contribution in [2.75, 3.05) is 59.5 Å². The van der Waals surface area contributed by atoms with E-state index in [9.17, 15) is 4.79 Å². The number of ether oxygens (including phenoxy) is 1. The van der Waals surface area contributed by atoms with E-state index in [-0.39, 0.29) is 29.9 Å². The number of hydrogen-bond donors (Lipinski definition) is 1. The van der Waals surface area contributed by atoms with Crippen molar-refractivity contribution < 1.29 is 9.53 Å². The molecule has 2 aliphatic rings. The zero-order valence-electron chi connectivity index (χ0n) is 19.2. The van der Waals surface area contributed by atoms with E-state index in [1.807, 2.05) is 24.9 Å². The number of halogens is 1. The smallest absolute Gasteiger partial charge is 0.236 e. The van der Waals surface area contributed by atoms with Crippen molar-refractivity contribution >= 4 is 35.8 Å². The van der Waals surface area contributed by atoms with E-state index in [0.717, 1.165) is 75.9 Å². The SMILES string of the molecule is CCOc1ccc(CNC(=NC)N2CCN(CC(=O)N3CCCCC3)CC2)cc1C.I. The second-order valence-electron chi connectivity index (χ2n) is 8.14. The molecule has 2 heterocycles. The molecule has 3 rings (SSSR count). The number of guanidine groups is 1. The van der Waals surface area contributed by atoms with Crippen LogP contribution in [0.5, 0.6) is 5.75 Å². The molecule has 1 aromatic carbocycles. The normalized spacial score (nSPS) is 17.8. The molecule has 0 aromatic heterocycles. The van der Waals surface area contributed by atoms with Crippen LogP contribution in [-0.4, -0.2) is 86.0 Å². The number of piperazine rings is 1. The Labute approximate surface area is 204 Å². The van der Waals surface area contributed by atoms with Crippen molar-refractivity contribution in [3.05, 3.63) is 29.3 Å². The lowest BCUT2D eigenvalue weighted by Gasteiger charge is -2.37. The molecule has 1 aromatic rings. The highest BCUT2D eigenvalue weighted by atomic mass is 127. The lowest BCUT2D eigenvalue weighted by Crippen LogP contribution is -2.54. The van der Waals surface area contributed by atoms with Gasteiger partial charge in [0.1, 0.15) is 5.75 Å². The van der Waals surface area contributed by atoms with Gasteiger partial charge in [0.25, 0.3) is 0 Å². The van der Waals surface area contributed by atoms with Crippen LogP contribution in [0.15, 0.2) is 23.2 Å². The molecule has 0 unspecified atom stereocenters. The summed E-state index contributed by atoms with van der Waals surface area (Å²) in [5.41, 5.74) is 2.36. The van der Waals surface area contributed by atoms with Crippen LogP contribution < -0.4 is 10.1 Å². The van der Waals surface area contributed by atoms with Crippen LogP contribution in [0.25, 0.3) is 0 Å². The van der Waals surface area contributed by atoms with Crippen molar-refractivity contribution in [3.63, 3.8) is 0 Å². The van der Waals surface area contributed by atoms with Gasteiger partial charge < -0.3 is 19.9 Å². The number of aryl methyl sites for hydroxylation is 1. The summed E-state index contributed by atoms with van der Waals surface area (Å²) in [6, 6.07) is 6.30. The van der Waals surface area contributed by atoms with Crippen molar-refractivity contribution in [2.24, 2.45) is 4.99 Å². The largest absolute Gasteiger partial charge is 0.494 e. The highest BCUT2D eigenvalue weighted by Gasteiger charge is 2.24. The number of nitrogens with zero attached hydrogens (tertiary/aromatic N) is 4. The fraction of sp³-hybridized carbons (Fsp3) is 0.652. The third-order valence-corrected chi connectivity index (χ3v) is 5.94. The van der Waals surface area contributed by atoms with E-state index in [1.165, 1.54) is 12.0 Å². The molecule has 7 nitrogen and oxygen atoms in total. The van der Waals surface area contributed by atoms with Gasteiger partial charge in [-0.1, -0.05) is 12.1 Å². The van der Waals surface area contributed by atoms with Gasteiger partial charge in [-0.15, -0.1) is 24.0 Å². The minimum Gasteiger partial charge on any atom is -0.494 e. The van der Waals surface area contributed by atoms with E-state index in [2.05, 4.69) is 39.2 Å². The maximum absolute atomic E-state index is 12.5. The van der Waals surface area contributed by atoms with Crippen LogP contribution in [0.4, 0.5) is 0 Å². The van der Waals surface area contributed by atoms with Gasteiger partial charge in [0.05, 0.1) is 13.2 Å². The number of nitrogens with one attached hydrogen (secondary N) is 1. The van der Waals surface area contributed by atoms with E-state index in [0.29, 0.717) is 13.2 Å². The van der Waals surface area contributed by atoms with Crippen molar-refractivity contribution in [1.29, 1.82) is 0 Å². The molecule has 2 aliphatic heterocycles. The van der Waals surface area contributed by atoms with E-state index in [4.69, 9.17) is 4.74 Å². The Morgan fingerprint density at radius 2 is 1.77 bits per heavy atom. The summed E-state index contributed by atoms with van der Waals surface area (Å²) in [7, 11) is 1.83. The quantitative estimate of drug-likeness (QED) is 0.340. The number of likely N-dealkylation sites (tertiary alicyclic amines) is 1. The van der Waals surface area contributed by atoms with Crippen LogP contribution >= 0.6 is 24.0 Å². The topological polar surface area (TPSA) is 60.4 Å². The predicted molar refractivity (Wildman–Crippen MR) is 136 cm³/mol. The second kappa shape index (κ2) is 13.1. The summed E-state index contributed by atoms with van der Waals surface area (Å²) in [6.45, 7) is 11.5. The van der Waals surface area contributed by atoms with Crippen LogP contribution in [0.3, 0.4) is 0 Å². The third kappa shape index (κ3) is 7.52. The first-order chi connectivity index (χ1) is 14.6. The van der Waals surface area contributed by atoms with Gasteiger partial charge in [-0.25, -0.2) is 0 Å². The molecule has 2 fully saturated rings. The van der Waals surface area contributed by atoms with Gasteiger partial charge in [-0.3, -0.25) is 14.7 Å². The fourth-order valence-corrected chi connectivity index (χ4v) is 4.20. The molecule has 2 saturated heterocycles. The molecule has 1 N–H and O–H groups in total. The maximum Gasteiger partial charge on any atom is 0.236 e. The zero-order valence-corrected chi connectivity index (χ0v) is 21.6. The monoisotopic (exact) mass is 543 g/mol. The van der Waals surface area contributed by atoms with Gasteiger partial charge in [0.15, 0.2) is 5.96 Å². The summed E-state index contributed by atoms with van der Waals surface area (Å²) < 4.78 is 5.63. The van der Waals surface area contributed by atoms with Crippen molar-refractivity contribution in [2.45, 2.75) is 39.7 Å². The molecule has 0 radical (unpaired) electrons. The number of aliphatic imine (C=N–C) groups is 1. The first-order valence-electron chi connectivity index (χ1n) is 11.3. The minimum atomic E-state index is 0. The fourth-order valence-electron chi connectivity index (χ4n) is 4.20. The molecule has 8 heteroatoms. The van der Waals surface area contributed by atoms with Gasteiger partial charge in [-0.05, 0) is 50.3 Å². The molecule has 0 bridgehead atoms.